The fourth-order valence-corrected chi connectivity index (χ4v) is 0.448. The van der Waals surface area contributed by atoms with Crippen molar-refractivity contribution in [2.45, 2.75) is 0 Å². The lowest BCUT2D eigenvalue weighted by Gasteiger charge is -2.13. The Morgan fingerprint density at radius 3 is 2.56 bits per heavy atom. The smallest absolute Gasteiger partial charge is 0.120 e. The van der Waals surface area contributed by atoms with Crippen LogP contribution in [0.15, 0.2) is 25.3 Å². The summed E-state index contributed by atoms with van der Waals surface area (Å²) in [5.41, 5.74) is 0. The molecule has 2 nitrogen and oxygen atoms in total. The van der Waals surface area contributed by atoms with Crippen molar-refractivity contribution in [1.29, 1.82) is 5.41 Å². The van der Waals surface area contributed by atoms with Gasteiger partial charge in [0.1, 0.15) is 5.84 Å². The topological polar surface area (TPSA) is 27.1 Å². The van der Waals surface area contributed by atoms with Gasteiger partial charge < -0.3 is 4.90 Å². The highest BCUT2D eigenvalue weighted by atomic mass is 15.1. The summed E-state index contributed by atoms with van der Waals surface area (Å²) in [4.78, 5) is 1.75. The summed E-state index contributed by atoms with van der Waals surface area (Å²) < 4.78 is 0. The Morgan fingerprint density at radius 2 is 2.22 bits per heavy atom. The molecule has 0 aliphatic carbocycles. The Morgan fingerprint density at radius 1 is 1.67 bits per heavy atom. The molecule has 0 saturated carbocycles. The van der Waals surface area contributed by atoms with Gasteiger partial charge in [-0.1, -0.05) is 12.7 Å². The van der Waals surface area contributed by atoms with E-state index in [9.17, 15) is 0 Å². The van der Waals surface area contributed by atoms with Crippen LogP contribution < -0.4 is 0 Å². The lowest BCUT2D eigenvalue weighted by Crippen LogP contribution is -2.23. The normalized spacial score (nSPS) is 8.11. The van der Waals surface area contributed by atoms with Crippen LogP contribution >= 0.6 is 0 Å². The standard InChI is InChI=1S/C7H12N2/c1-4-6-9(3)7(8)5-2/h4-5,8H,1-2,6H2,3H3. The van der Waals surface area contributed by atoms with Crippen molar-refractivity contribution < 1.29 is 0 Å². The lowest BCUT2D eigenvalue weighted by atomic mass is 10.4. The van der Waals surface area contributed by atoms with Crippen LogP contribution in [0.4, 0.5) is 0 Å². The highest BCUT2D eigenvalue weighted by molar-refractivity contribution is 5.89. The minimum absolute atomic E-state index is 0.426. The summed E-state index contributed by atoms with van der Waals surface area (Å²) in [5.74, 6) is 0.426. The molecule has 0 rings (SSSR count). The van der Waals surface area contributed by atoms with Gasteiger partial charge in [0.25, 0.3) is 0 Å². The predicted molar refractivity (Wildman–Crippen MR) is 40.8 cm³/mol. The number of hydrogen-bond acceptors (Lipinski definition) is 1. The Hall–Kier alpha value is -1.05. The molecule has 0 heterocycles. The van der Waals surface area contributed by atoms with Crippen LogP contribution in [0.2, 0.25) is 0 Å². The van der Waals surface area contributed by atoms with Crippen molar-refractivity contribution in [1.82, 2.24) is 4.90 Å². The van der Waals surface area contributed by atoms with E-state index < -0.39 is 0 Å². The van der Waals surface area contributed by atoms with Crippen molar-refractivity contribution in [2.24, 2.45) is 0 Å². The van der Waals surface area contributed by atoms with Crippen LogP contribution in [0.3, 0.4) is 0 Å². The van der Waals surface area contributed by atoms with Gasteiger partial charge >= 0.3 is 0 Å². The SMILES string of the molecule is C=CCN(C)C(=N)C=C. The van der Waals surface area contributed by atoms with E-state index in [4.69, 9.17) is 5.41 Å². The first-order chi connectivity index (χ1) is 4.22. The van der Waals surface area contributed by atoms with Gasteiger partial charge in [-0.3, -0.25) is 5.41 Å². The van der Waals surface area contributed by atoms with Gasteiger partial charge in [0.05, 0.1) is 0 Å². The molecule has 1 N–H and O–H groups in total. The Labute approximate surface area is 56.0 Å². The molecular weight excluding hydrogens is 112 g/mol. The van der Waals surface area contributed by atoms with Gasteiger partial charge in [-0.15, -0.1) is 6.58 Å². The number of nitrogens with zero attached hydrogens (tertiary/aromatic N) is 1. The largest absolute Gasteiger partial charge is 0.356 e. The molecule has 0 radical (unpaired) electrons. The van der Waals surface area contributed by atoms with E-state index in [1.165, 1.54) is 6.08 Å². The third-order valence-electron chi connectivity index (χ3n) is 1.01. The zero-order valence-corrected chi connectivity index (χ0v) is 5.72. The van der Waals surface area contributed by atoms with Gasteiger partial charge in [-0.2, -0.15) is 0 Å². The van der Waals surface area contributed by atoms with E-state index in [0.717, 1.165) is 0 Å². The van der Waals surface area contributed by atoms with Crippen molar-refractivity contribution in [3.63, 3.8) is 0 Å². The number of rotatable bonds is 3. The molecule has 0 aliphatic rings. The van der Waals surface area contributed by atoms with E-state index in [0.29, 0.717) is 12.4 Å². The molecule has 2 heteroatoms. The van der Waals surface area contributed by atoms with Gasteiger partial charge in [0, 0.05) is 13.6 Å². The molecule has 0 amide bonds. The molecule has 50 valence electrons. The molecule has 0 spiro atoms. The average molecular weight is 124 g/mol. The van der Waals surface area contributed by atoms with Crippen LogP contribution in [0.25, 0.3) is 0 Å². The number of hydrogen-bond donors (Lipinski definition) is 1. The number of amidine groups is 1. The van der Waals surface area contributed by atoms with Gasteiger partial charge in [-0.25, -0.2) is 0 Å². The maximum Gasteiger partial charge on any atom is 0.120 e. The maximum absolute atomic E-state index is 7.21. The molecular formula is C7H12N2. The molecule has 9 heavy (non-hydrogen) atoms. The second kappa shape index (κ2) is 3.89. The molecule has 0 fully saturated rings. The van der Waals surface area contributed by atoms with E-state index in [1.807, 2.05) is 7.05 Å². The highest BCUT2D eigenvalue weighted by Gasteiger charge is 1.93. The first-order valence-electron chi connectivity index (χ1n) is 2.75. The Balaban J connectivity index is 3.71. The lowest BCUT2D eigenvalue weighted by molar-refractivity contribution is 0.564. The Bertz CT molecular complexity index is 127. The second-order valence-corrected chi connectivity index (χ2v) is 1.76. The quantitative estimate of drug-likeness (QED) is 0.342. The Kier molecular flexibility index (Phi) is 3.44. The first kappa shape index (κ1) is 7.95. The highest BCUT2D eigenvalue weighted by Crippen LogP contribution is 1.84. The zero-order valence-electron chi connectivity index (χ0n) is 5.72. The fraction of sp³-hybridized carbons (Fsp3) is 0.286. The minimum atomic E-state index is 0.426. The maximum atomic E-state index is 7.21. The summed E-state index contributed by atoms with van der Waals surface area (Å²) in [7, 11) is 1.83. The first-order valence-corrected chi connectivity index (χ1v) is 2.75. The van der Waals surface area contributed by atoms with Crippen molar-refractivity contribution in [3.8, 4) is 0 Å². The minimum Gasteiger partial charge on any atom is -0.356 e. The summed E-state index contributed by atoms with van der Waals surface area (Å²) >= 11 is 0. The van der Waals surface area contributed by atoms with Crippen LogP contribution in [-0.4, -0.2) is 24.3 Å². The molecule has 0 atom stereocenters. The van der Waals surface area contributed by atoms with E-state index >= 15 is 0 Å². The van der Waals surface area contributed by atoms with Crippen LogP contribution in [-0.2, 0) is 0 Å². The fourth-order valence-electron chi connectivity index (χ4n) is 0.448. The number of nitrogens with one attached hydrogen (secondary N) is 1. The second-order valence-electron chi connectivity index (χ2n) is 1.76. The van der Waals surface area contributed by atoms with E-state index in [-0.39, 0.29) is 0 Å². The monoisotopic (exact) mass is 124 g/mol. The van der Waals surface area contributed by atoms with Crippen LogP contribution in [0, 0.1) is 5.41 Å². The van der Waals surface area contributed by atoms with E-state index in [1.54, 1.807) is 11.0 Å². The molecule has 0 aromatic carbocycles. The summed E-state index contributed by atoms with van der Waals surface area (Å²) in [6, 6.07) is 0. The molecule has 0 bridgehead atoms. The van der Waals surface area contributed by atoms with Gasteiger partial charge in [0.15, 0.2) is 0 Å². The van der Waals surface area contributed by atoms with Gasteiger partial charge in [-0.05, 0) is 6.08 Å². The van der Waals surface area contributed by atoms with Crippen LogP contribution in [0.1, 0.15) is 0 Å². The van der Waals surface area contributed by atoms with Crippen molar-refractivity contribution in [2.75, 3.05) is 13.6 Å². The summed E-state index contributed by atoms with van der Waals surface area (Å²) in [6.07, 6.45) is 3.25. The van der Waals surface area contributed by atoms with Crippen molar-refractivity contribution >= 4 is 5.84 Å². The number of likely N-dealkylation sites (N-methyl/N-ethyl adjacent to an activating group) is 1. The van der Waals surface area contributed by atoms with Crippen LogP contribution in [0.5, 0.6) is 0 Å². The third kappa shape index (κ3) is 2.69. The molecule has 0 aromatic heterocycles. The van der Waals surface area contributed by atoms with Gasteiger partial charge in [0.2, 0.25) is 0 Å². The molecule has 0 aromatic rings. The van der Waals surface area contributed by atoms with E-state index in [2.05, 4.69) is 13.2 Å². The average Bonchev–Trinajstić information content (AvgIpc) is 1.87. The third-order valence-corrected chi connectivity index (χ3v) is 1.01. The van der Waals surface area contributed by atoms with Crippen molar-refractivity contribution in [3.05, 3.63) is 25.3 Å². The molecule has 0 unspecified atom stereocenters. The summed E-state index contributed by atoms with van der Waals surface area (Å²) in [5, 5.41) is 7.21. The molecule has 0 saturated heterocycles. The zero-order chi connectivity index (χ0) is 7.28. The molecule has 0 aliphatic heterocycles. The summed E-state index contributed by atoms with van der Waals surface area (Å²) in [6.45, 7) is 7.71. The predicted octanol–water partition coefficient (Wildman–Crippen LogP) is 1.27.